The van der Waals surface area contributed by atoms with E-state index in [1.54, 1.807) is 0 Å². The number of amides is 1. The number of nitrogens with zero attached hydrogens (tertiary/aromatic N) is 1. The molecule has 0 aromatic heterocycles. The van der Waals surface area contributed by atoms with Crippen LogP contribution in [0.4, 0.5) is 35.1 Å². The van der Waals surface area contributed by atoms with Gasteiger partial charge in [-0.1, -0.05) is 12.1 Å². The third kappa shape index (κ3) is 6.65. The molecule has 4 N–H and O–H groups in total. The van der Waals surface area contributed by atoms with Crippen molar-refractivity contribution < 1.29 is 49.4 Å². The largest absolute Gasteiger partial charge is 0.465 e. The van der Waals surface area contributed by atoms with Gasteiger partial charge < -0.3 is 16.2 Å². The number of aliphatic imine (C=N–C) groups is 1. The molecule has 0 atom stereocenters. The standard InChI is InChI=1S/C9H7F4N3O.C9H6F4O2/c10-6-4(7(17)16-8(14)15)2-1-3-5(6)9(11,12)13;1-15-8(14)5-3-2-4-6(7(5)10)9(11,12)13/h1-3H,(H4,14,15,16,17);2-4H,1H3. The van der Waals surface area contributed by atoms with Crippen LogP contribution in [0.5, 0.6) is 0 Å². The highest BCUT2D eigenvalue weighted by atomic mass is 19.4. The van der Waals surface area contributed by atoms with Gasteiger partial charge in [0.15, 0.2) is 5.96 Å². The van der Waals surface area contributed by atoms with Gasteiger partial charge in [0, 0.05) is 0 Å². The molecule has 0 heterocycles. The summed E-state index contributed by atoms with van der Waals surface area (Å²) in [5.74, 6) is -6.38. The lowest BCUT2D eigenvalue weighted by Crippen LogP contribution is -2.24. The van der Waals surface area contributed by atoms with E-state index in [1.807, 2.05) is 0 Å². The number of alkyl halides is 6. The number of halogens is 8. The quantitative estimate of drug-likeness (QED) is 0.299. The molecule has 0 fully saturated rings. The summed E-state index contributed by atoms with van der Waals surface area (Å²) in [7, 11) is 0.960. The molecule has 0 aliphatic rings. The van der Waals surface area contributed by atoms with Gasteiger partial charge in [-0.3, -0.25) is 4.79 Å². The Morgan fingerprint density at radius 2 is 1.22 bits per heavy atom. The van der Waals surface area contributed by atoms with Crippen LogP contribution in [0.15, 0.2) is 41.4 Å². The number of methoxy groups -OCH3 is 1. The van der Waals surface area contributed by atoms with Crippen molar-refractivity contribution in [1.82, 2.24) is 0 Å². The van der Waals surface area contributed by atoms with Crippen LogP contribution in [0.25, 0.3) is 0 Å². The topological polar surface area (TPSA) is 108 Å². The van der Waals surface area contributed by atoms with Gasteiger partial charge in [0.05, 0.1) is 29.4 Å². The first kappa shape index (κ1) is 26.3. The predicted molar refractivity (Wildman–Crippen MR) is 94.3 cm³/mol. The SMILES string of the molecule is COC(=O)c1cccc(C(F)(F)F)c1F.NC(N)=NC(=O)c1cccc(C(F)(F)F)c1F. The van der Waals surface area contributed by atoms with E-state index in [1.165, 1.54) is 0 Å². The highest BCUT2D eigenvalue weighted by Crippen LogP contribution is 2.33. The fourth-order valence-corrected chi connectivity index (χ4v) is 2.11. The summed E-state index contributed by atoms with van der Waals surface area (Å²) in [6.45, 7) is 0. The van der Waals surface area contributed by atoms with Crippen LogP contribution in [-0.2, 0) is 17.1 Å². The number of carbonyl (C=O) groups excluding carboxylic acids is 2. The van der Waals surface area contributed by atoms with E-state index in [-0.39, 0.29) is 0 Å². The zero-order valence-electron chi connectivity index (χ0n) is 15.8. The van der Waals surface area contributed by atoms with Gasteiger partial charge in [-0.05, 0) is 24.3 Å². The Balaban J connectivity index is 0.000000323. The maximum atomic E-state index is 13.4. The summed E-state index contributed by atoms with van der Waals surface area (Å²) < 4.78 is 104. The summed E-state index contributed by atoms with van der Waals surface area (Å²) in [5, 5.41) is 0. The smallest absolute Gasteiger partial charge is 0.419 e. The molecule has 2 aromatic rings. The van der Waals surface area contributed by atoms with Crippen LogP contribution in [-0.4, -0.2) is 24.9 Å². The monoisotopic (exact) mass is 471 g/mol. The number of esters is 1. The molecule has 14 heteroatoms. The lowest BCUT2D eigenvalue weighted by atomic mass is 10.1. The van der Waals surface area contributed by atoms with Crippen molar-refractivity contribution in [2.45, 2.75) is 12.4 Å². The minimum atomic E-state index is -4.89. The van der Waals surface area contributed by atoms with Crippen LogP contribution < -0.4 is 11.5 Å². The van der Waals surface area contributed by atoms with Crippen molar-refractivity contribution in [1.29, 1.82) is 0 Å². The second kappa shape index (κ2) is 10.1. The highest BCUT2D eigenvalue weighted by Gasteiger charge is 2.36. The molecular weight excluding hydrogens is 458 g/mol. The molecule has 0 aliphatic carbocycles. The summed E-state index contributed by atoms with van der Waals surface area (Å²) in [6.07, 6.45) is -9.72. The van der Waals surface area contributed by atoms with E-state index in [0.29, 0.717) is 12.1 Å². The number of carbonyl (C=O) groups is 2. The molecule has 0 saturated carbocycles. The second-order valence-corrected chi connectivity index (χ2v) is 5.66. The number of ether oxygens (including phenoxy) is 1. The van der Waals surface area contributed by atoms with Gasteiger partial charge in [0.25, 0.3) is 5.91 Å². The van der Waals surface area contributed by atoms with E-state index >= 15 is 0 Å². The molecule has 32 heavy (non-hydrogen) atoms. The molecule has 174 valence electrons. The Morgan fingerprint density at radius 1 is 0.812 bits per heavy atom. The van der Waals surface area contributed by atoms with Crippen LogP contribution in [0.3, 0.4) is 0 Å². The fraction of sp³-hybridized carbons (Fsp3) is 0.167. The molecule has 0 spiro atoms. The molecule has 0 saturated heterocycles. The van der Waals surface area contributed by atoms with E-state index < -0.39 is 64.1 Å². The van der Waals surface area contributed by atoms with Gasteiger partial charge in [-0.2, -0.15) is 31.3 Å². The maximum Gasteiger partial charge on any atom is 0.419 e. The molecule has 0 bridgehead atoms. The van der Waals surface area contributed by atoms with Crippen molar-refractivity contribution in [2.24, 2.45) is 16.5 Å². The molecule has 2 aromatic carbocycles. The number of nitrogens with two attached hydrogens (primary N) is 2. The van der Waals surface area contributed by atoms with E-state index in [4.69, 9.17) is 11.5 Å². The zero-order chi connectivity index (χ0) is 24.9. The summed E-state index contributed by atoms with van der Waals surface area (Å²) >= 11 is 0. The van der Waals surface area contributed by atoms with Crippen LogP contribution >= 0.6 is 0 Å². The normalized spacial score (nSPS) is 11.2. The summed E-state index contributed by atoms with van der Waals surface area (Å²) in [6, 6.07) is 4.69. The number of hydrogen-bond acceptors (Lipinski definition) is 3. The molecule has 0 radical (unpaired) electrons. The van der Waals surface area contributed by atoms with Crippen LogP contribution in [0.1, 0.15) is 31.8 Å². The molecule has 0 aliphatic heterocycles. The fourth-order valence-electron chi connectivity index (χ4n) is 2.11. The Hall–Kier alpha value is -3.71. The van der Waals surface area contributed by atoms with Gasteiger partial charge >= 0.3 is 18.3 Å². The van der Waals surface area contributed by atoms with Gasteiger partial charge in [-0.15, -0.1) is 0 Å². The molecular formula is C18H13F8N3O3. The number of hydrogen-bond donors (Lipinski definition) is 2. The minimum absolute atomic E-state index is 0.516. The third-order valence-corrected chi connectivity index (χ3v) is 3.47. The Kier molecular flexibility index (Phi) is 8.28. The average Bonchev–Trinajstić information content (AvgIpc) is 2.65. The average molecular weight is 471 g/mol. The van der Waals surface area contributed by atoms with Crippen molar-refractivity contribution in [2.75, 3.05) is 7.11 Å². The first-order valence-corrected chi connectivity index (χ1v) is 8.05. The van der Waals surface area contributed by atoms with Crippen molar-refractivity contribution in [3.05, 3.63) is 70.3 Å². The highest BCUT2D eigenvalue weighted by molar-refractivity contribution is 6.02. The lowest BCUT2D eigenvalue weighted by molar-refractivity contribution is -0.140. The molecule has 0 unspecified atom stereocenters. The first-order valence-electron chi connectivity index (χ1n) is 8.05. The molecule has 1 amide bonds. The van der Waals surface area contributed by atoms with Gasteiger partial charge in [0.2, 0.25) is 0 Å². The molecule has 6 nitrogen and oxygen atoms in total. The third-order valence-electron chi connectivity index (χ3n) is 3.47. The van der Waals surface area contributed by atoms with E-state index in [0.717, 1.165) is 31.4 Å². The molecule has 2 rings (SSSR count). The van der Waals surface area contributed by atoms with Gasteiger partial charge in [0.1, 0.15) is 11.6 Å². The second-order valence-electron chi connectivity index (χ2n) is 5.66. The number of benzene rings is 2. The van der Waals surface area contributed by atoms with Crippen LogP contribution in [0, 0.1) is 11.6 Å². The number of rotatable bonds is 2. The zero-order valence-corrected chi connectivity index (χ0v) is 15.8. The number of guanidine groups is 1. The Labute approximate surface area is 174 Å². The maximum absolute atomic E-state index is 13.4. The van der Waals surface area contributed by atoms with E-state index in [2.05, 4.69) is 9.73 Å². The van der Waals surface area contributed by atoms with Crippen molar-refractivity contribution in [3.63, 3.8) is 0 Å². The minimum Gasteiger partial charge on any atom is -0.465 e. The van der Waals surface area contributed by atoms with Gasteiger partial charge in [-0.25, -0.2) is 13.6 Å². The first-order chi connectivity index (χ1) is 14.6. The predicted octanol–water partition coefficient (Wildman–Crippen LogP) is 3.89. The van der Waals surface area contributed by atoms with Crippen LogP contribution in [0.2, 0.25) is 0 Å². The van der Waals surface area contributed by atoms with Crippen molar-refractivity contribution >= 4 is 17.8 Å². The lowest BCUT2D eigenvalue weighted by Gasteiger charge is -2.09. The Bertz CT molecular complexity index is 1030. The van der Waals surface area contributed by atoms with Crippen molar-refractivity contribution in [3.8, 4) is 0 Å². The summed E-state index contributed by atoms with van der Waals surface area (Å²) in [4.78, 5) is 25.0. The van der Waals surface area contributed by atoms with E-state index in [9.17, 15) is 44.7 Å². The summed E-state index contributed by atoms with van der Waals surface area (Å²) in [5.41, 5.74) is 5.14. The Morgan fingerprint density at radius 3 is 1.59 bits per heavy atom.